The van der Waals surface area contributed by atoms with Gasteiger partial charge in [-0.3, -0.25) is 4.98 Å². The van der Waals surface area contributed by atoms with Crippen LogP contribution in [-0.4, -0.2) is 42.7 Å². The maximum atomic E-state index is 11.3. The fourth-order valence-corrected chi connectivity index (χ4v) is 4.52. The van der Waals surface area contributed by atoms with Gasteiger partial charge in [-0.2, -0.15) is 0 Å². The molecular formula is C25H32N2O3. The molecule has 30 heavy (non-hydrogen) atoms. The second-order valence-electron chi connectivity index (χ2n) is 8.56. The highest BCUT2D eigenvalue weighted by Gasteiger charge is 2.34. The zero-order valence-corrected chi connectivity index (χ0v) is 17.9. The minimum Gasteiger partial charge on any atom is -0.408 e. The van der Waals surface area contributed by atoms with E-state index in [4.69, 9.17) is 9.15 Å². The third-order valence-corrected chi connectivity index (χ3v) is 6.52. The van der Waals surface area contributed by atoms with Gasteiger partial charge >= 0.3 is 5.76 Å². The minimum absolute atomic E-state index is 0.287. The van der Waals surface area contributed by atoms with Crippen molar-refractivity contribution in [3.05, 3.63) is 70.2 Å². The zero-order valence-electron chi connectivity index (χ0n) is 17.9. The van der Waals surface area contributed by atoms with Crippen LogP contribution in [0.5, 0.6) is 0 Å². The Labute approximate surface area is 178 Å². The fourth-order valence-electron chi connectivity index (χ4n) is 4.52. The van der Waals surface area contributed by atoms with Crippen LogP contribution in [0, 0.1) is 5.41 Å². The summed E-state index contributed by atoms with van der Waals surface area (Å²) in [4.78, 5) is 16.6. The topological polar surface area (TPSA) is 58.5 Å². The summed E-state index contributed by atoms with van der Waals surface area (Å²) in [6.07, 6.45) is 5.65. The molecule has 2 aromatic carbocycles. The molecule has 0 atom stereocenters. The van der Waals surface area contributed by atoms with Crippen molar-refractivity contribution in [1.29, 1.82) is 0 Å². The number of benzene rings is 2. The molecule has 5 nitrogen and oxygen atoms in total. The highest BCUT2D eigenvalue weighted by molar-refractivity contribution is 5.72. The van der Waals surface area contributed by atoms with Gasteiger partial charge in [-0.1, -0.05) is 36.4 Å². The lowest BCUT2D eigenvalue weighted by Gasteiger charge is -2.42. The monoisotopic (exact) mass is 408 g/mol. The molecule has 0 bridgehead atoms. The van der Waals surface area contributed by atoms with Crippen LogP contribution in [0.4, 0.5) is 0 Å². The van der Waals surface area contributed by atoms with E-state index in [1.165, 1.54) is 30.4 Å². The second kappa shape index (κ2) is 9.63. The normalized spacial score (nSPS) is 16.8. The SMILES string of the molecule is CCOCC1(CCc2ccccc2)CCN(CCc2ccc3[nH]c(=O)oc3c2)CC1. The minimum atomic E-state index is -0.390. The van der Waals surface area contributed by atoms with E-state index < -0.39 is 0 Å². The number of nitrogens with zero attached hydrogens (tertiary/aromatic N) is 1. The Hall–Kier alpha value is -2.37. The van der Waals surface area contributed by atoms with Crippen molar-refractivity contribution in [2.45, 2.75) is 39.0 Å². The first-order chi connectivity index (χ1) is 14.7. The van der Waals surface area contributed by atoms with Gasteiger partial charge in [0, 0.05) is 13.2 Å². The molecule has 1 aromatic heterocycles. The Morgan fingerprint density at radius 1 is 1.07 bits per heavy atom. The number of oxazole rings is 1. The van der Waals surface area contributed by atoms with Gasteiger partial charge in [-0.15, -0.1) is 0 Å². The Bertz CT molecular complexity index is 984. The van der Waals surface area contributed by atoms with Crippen molar-refractivity contribution < 1.29 is 9.15 Å². The van der Waals surface area contributed by atoms with Gasteiger partial charge in [-0.25, -0.2) is 4.79 Å². The van der Waals surface area contributed by atoms with E-state index in [0.29, 0.717) is 5.58 Å². The number of hydrogen-bond acceptors (Lipinski definition) is 4. The van der Waals surface area contributed by atoms with Crippen molar-refractivity contribution in [2.24, 2.45) is 5.41 Å². The Kier molecular flexibility index (Phi) is 6.70. The summed E-state index contributed by atoms with van der Waals surface area (Å²) in [6.45, 7) is 7.00. The summed E-state index contributed by atoms with van der Waals surface area (Å²) < 4.78 is 11.1. The average molecular weight is 409 g/mol. The van der Waals surface area contributed by atoms with Gasteiger partial charge in [0.2, 0.25) is 0 Å². The van der Waals surface area contributed by atoms with E-state index in [-0.39, 0.29) is 11.2 Å². The van der Waals surface area contributed by atoms with Crippen molar-refractivity contribution >= 4 is 11.1 Å². The van der Waals surface area contributed by atoms with Crippen molar-refractivity contribution in [2.75, 3.05) is 32.8 Å². The molecule has 3 aromatic rings. The molecular weight excluding hydrogens is 376 g/mol. The predicted molar refractivity (Wildman–Crippen MR) is 120 cm³/mol. The van der Waals surface area contributed by atoms with Gasteiger partial charge in [0.15, 0.2) is 5.58 Å². The third-order valence-electron chi connectivity index (χ3n) is 6.52. The lowest BCUT2D eigenvalue weighted by Crippen LogP contribution is -2.43. The van der Waals surface area contributed by atoms with Crippen LogP contribution in [0.15, 0.2) is 57.7 Å². The Morgan fingerprint density at radius 3 is 2.63 bits per heavy atom. The van der Waals surface area contributed by atoms with Gasteiger partial charge in [0.1, 0.15) is 0 Å². The molecule has 1 saturated heterocycles. The second-order valence-corrected chi connectivity index (χ2v) is 8.56. The van der Waals surface area contributed by atoms with Crippen LogP contribution in [0.2, 0.25) is 0 Å². The lowest BCUT2D eigenvalue weighted by atomic mass is 9.74. The maximum absolute atomic E-state index is 11.3. The zero-order chi connectivity index (χ0) is 20.8. The number of rotatable bonds is 9. The Balaban J connectivity index is 1.31. The number of aromatic nitrogens is 1. The summed E-state index contributed by atoms with van der Waals surface area (Å²) in [5.41, 5.74) is 4.33. The lowest BCUT2D eigenvalue weighted by molar-refractivity contribution is -0.000415. The quantitative estimate of drug-likeness (QED) is 0.570. The van der Waals surface area contributed by atoms with Crippen LogP contribution in [-0.2, 0) is 17.6 Å². The Morgan fingerprint density at radius 2 is 1.87 bits per heavy atom. The highest BCUT2D eigenvalue weighted by atomic mass is 16.5. The standard InChI is InChI=1S/C25H32N2O3/c1-2-29-19-25(12-10-20-6-4-3-5-7-20)13-16-27(17-14-25)15-11-21-8-9-22-23(18-21)30-24(28)26-22/h3-9,18H,2,10-17,19H2,1H3,(H,26,28). The van der Waals surface area contributed by atoms with Crippen molar-refractivity contribution in [3.63, 3.8) is 0 Å². The number of aromatic amines is 1. The molecule has 160 valence electrons. The molecule has 1 aliphatic rings. The first-order valence-corrected chi connectivity index (χ1v) is 11.1. The van der Waals surface area contributed by atoms with Crippen LogP contribution < -0.4 is 5.76 Å². The smallest absolute Gasteiger partial charge is 0.408 e. The van der Waals surface area contributed by atoms with Crippen LogP contribution >= 0.6 is 0 Å². The van der Waals surface area contributed by atoms with E-state index in [9.17, 15) is 4.79 Å². The largest absolute Gasteiger partial charge is 0.417 e. The van der Waals surface area contributed by atoms with E-state index in [0.717, 1.165) is 51.2 Å². The molecule has 0 spiro atoms. The number of ether oxygens (including phenoxy) is 1. The van der Waals surface area contributed by atoms with Gasteiger partial charge in [0.25, 0.3) is 0 Å². The summed E-state index contributed by atoms with van der Waals surface area (Å²) in [7, 11) is 0. The summed E-state index contributed by atoms with van der Waals surface area (Å²) in [5.74, 6) is -0.390. The maximum Gasteiger partial charge on any atom is 0.417 e. The van der Waals surface area contributed by atoms with Gasteiger partial charge in [-0.05, 0) is 80.8 Å². The molecule has 0 amide bonds. The van der Waals surface area contributed by atoms with E-state index >= 15 is 0 Å². The fraction of sp³-hybridized carbons (Fsp3) is 0.480. The van der Waals surface area contributed by atoms with Crippen LogP contribution in [0.1, 0.15) is 37.3 Å². The number of hydrogen-bond donors (Lipinski definition) is 1. The van der Waals surface area contributed by atoms with E-state index in [2.05, 4.69) is 53.2 Å². The summed E-state index contributed by atoms with van der Waals surface area (Å²) >= 11 is 0. The number of aryl methyl sites for hydroxylation is 1. The summed E-state index contributed by atoms with van der Waals surface area (Å²) in [5, 5.41) is 0. The molecule has 0 unspecified atom stereocenters. The van der Waals surface area contributed by atoms with Gasteiger partial charge < -0.3 is 14.1 Å². The molecule has 1 aliphatic heterocycles. The highest BCUT2D eigenvalue weighted by Crippen LogP contribution is 2.36. The number of H-pyrrole nitrogens is 1. The van der Waals surface area contributed by atoms with Crippen molar-refractivity contribution in [1.82, 2.24) is 9.88 Å². The van der Waals surface area contributed by atoms with Crippen LogP contribution in [0.25, 0.3) is 11.1 Å². The number of likely N-dealkylation sites (tertiary alicyclic amines) is 1. The van der Waals surface area contributed by atoms with E-state index in [1.807, 2.05) is 12.1 Å². The van der Waals surface area contributed by atoms with E-state index in [1.54, 1.807) is 0 Å². The third kappa shape index (κ3) is 5.21. The molecule has 1 fully saturated rings. The molecule has 0 radical (unpaired) electrons. The first kappa shape index (κ1) is 20.9. The molecule has 0 aliphatic carbocycles. The number of piperidine rings is 1. The molecule has 0 saturated carbocycles. The average Bonchev–Trinajstić information content (AvgIpc) is 3.16. The number of nitrogens with one attached hydrogen (secondary N) is 1. The molecule has 5 heteroatoms. The summed E-state index contributed by atoms with van der Waals surface area (Å²) in [6, 6.07) is 16.8. The first-order valence-electron chi connectivity index (χ1n) is 11.1. The van der Waals surface area contributed by atoms with Crippen molar-refractivity contribution in [3.8, 4) is 0 Å². The van der Waals surface area contributed by atoms with Gasteiger partial charge in [0.05, 0.1) is 12.1 Å². The predicted octanol–water partition coefficient (Wildman–Crippen LogP) is 4.42. The molecule has 1 N–H and O–H groups in total. The molecule has 2 heterocycles. The molecule has 4 rings (SSSR count). The number of fused-ring (bicyclic) bond motifs is 1. The van der Waals surface area contributed by atoms with Crippen LogP contribution in [0.3, 0.4) is 0 Å².